The van der Waals surface area contributed by atoms with Crippen molar-refractivity contribution in [2.45, 2.75) is 32.4 Å². The Kier molecular flexibility index (Phi) is 4.56. The molecule has 1 fully saturated rings. The summed E-state index contributed by atoms with van der Waals surface area (Å²) in [6.07, 6.45) is 0.244. The molecule has 128 valence electrons. The molecule has 2 aromatic rings. The van der Waals surface area contributed by atoms with Crippen LogP contribution >= 0.6 is 0 Å². The molecule has 0 saturated carbocycles. The first-order valence-corrected chi connectivity index (χ1v) is 7.59. The van der Waals surface area contributed by atoms with Crippen LogP contribution in [0.4, 0.5) is 13.2 Å². The number of alkyl halides is 2. The number of hydrogen-bond acceptors (Lipinski definition) is 4. The van der Waals surface area contributed by atoms with Crippen molar-refractivity contribution in [1.29, 1.82) is 0 Å². The first-order chi connectivity index (χ1) is 11.3. The van der Waals surface area contributed by atoms with Crippen LogP contribution < -0.4 is 0 Å². The highest BCUT2D eigenvalue weighted by Crippen LogP contribution is 2.27. The molecule has 1 aliphatic heterocycles. The van der Waals surface area contributed by atoms with Crippen LogP contribution in [-0.2, 0) is 11.3 Å². The first-order valence-electron chi connectivity index (χ1n) is 7.59. The van der Waals surface area contributed by atoms with E-state index in [9.17, 15) is 13.2 Å². The molecule has 1 aliphatic rings. The topological polar surface area (TPSA) is 38.2 Å². The lowest BCUT2D eigenvalue weighted by molar-refractivity contribution is 0.0315. The van der Waals surface area contributed by atoms with Gasteiger partial charge in [0.15, 0.2) is 0 Å². The number of rotatable bonds is 4. The van der Waals surface area contributed by atoms with Crippen molar-refractivity contribution in [2.24, 2.45) is 0 Å². The third-order valence-corrected chi connectivity index (χ3v) is 3.84. The summed E-state index contributed by atoms with van der Waals surface area (Å²) >= 11 is 0. The van der Waals surface area contributed by atoms with Crippen LogP contribution in [0, 0.1) is 5.82 Å². The molecule has 3 rings (SSSR count). The molecular formula is C17H18F3N3O. The van der Waals surface area contributed by atoms with Crippen LogP contribution in [0.5, 0.6) is 0 Å². The first kappa shape index (κ1) is 16.9. The van der Waals surface area contributed by atoms with Gasteiger partial charge in [0.1, 0.15) is 12.5 Å². The highest BCUT2D eigenvalue weighted by Gasteiger charge is 2.30. The average Bonchev–Trinajstić information content (AvgIpc) is 2.86. The maximum absolute atomic E-state index is 13.4. The lowest BCUT2D eigenvalue weighted by Gasteiger charge is -2.16. The predicted octanol–water partition coefficient (Wildman–Crippen LogP) is 3.79. The minimum atomic E-state index is -2.87. The fraction of sp³-hybridized carbons (Fsp3) is 0.412. The van der Waals surface area contributed by atoms with Gasteiger partial charge in [0, 0.05) is 24.8 Å². The zero-order chi connectivity index (χ0) is 17.3. The van der Waals surface area contributed by atoms with E-state index < -0.39 is 17.8 Å². The summed E-state index contributed by atoms with van der Waals surface area (Å²) in [5, 5.41) is 0. The fourth-order valence-corrected chi connectivity index (χ4v) is 2.72. The molecular weight excluding hydrogens is 319 g/mol. The van der Waals surface area contributed by atoms with Crippen molar-refractivity contribution in [3.8, 4) is 11.3 Å². The van der Waals surface area contributed by atoms with E-state index in [1.807, 2.05) is 13.8 Å². The van der Waals surface area contributed by atoms with E-state index in [1.54, 1.807) is 6.20 Å². The van der Waals surface area contributed by atoms with Gasteiger partial charge in [-0.05, 0) is 32.0 Å². The highest BCUT2D eigenvalue weighted by molar-refractivity contribution is 5.59. The zero-order valence-corrected chi connectivity index (χ0v) is 13.5. The maximum Gasteiger partial charge on any atom is 0.266 e. The molecule has 24 heavy (non-hydrogen) atoms. The molecule has 7 heteroatoms. The molecule has 0 aliphatic carbocycles. The van der Waals surface area contributed by atoms with Gasteiger partial charge in [-0.3, -0.25) is 9.88 Å². The molecule has 0 radical (unpaired) electrons. The van der Waals surface area contributed by atoms with Gasteiger partial charge in [-0.25, -0.2) is 18.2 Å². The Morgan fingerprint density at radius 3 is 2.75 bits per heavy atom. The Bertz CT molecular complexity index is 737. The monoisotopic (exact) mass is 337 g/mol. The van der Waals surface area contributed by atoms with Crippen LogP contribution in [0.2, 0.25) is 0 Å². The second-order valence-electron chi connectivity index (χ2n) is 6.45. The molecule has 2 heterocycles. The van der Waals surface area contributed by atoms with E-state index in [0.717, 1.165) is 18.7 Å². The molecule has 4 nitrogen and oxygen atoms in total. The number of aromatic nitrogens is 2. The standard InChI is InChI=1S/C17H18F3N3O/c1-17(2)9-23(10-24-17)8-12-6-21-7-15(22-12)11-3-4-14(18)13(5-11)16(19)20/h3-7,16H,8-10H2,1-2H3. The molecule has 0 spiro atoms. The van der Waals surface area contributed by atoms with Crippen LogP contribution in [0.3, 0.4) is 0 Å². The second-order valence-corrected chi connectivity index (χ2v) is 6.45. The summed E-state index contributed by atoms with van der Waals surface area (Å²) in [5.74, 6) is -0.922. The number of nitrogens with zero attached hydrogens (tertiary/aromatic N) is 3. The van der Waals surface area contributed by atoms with Gasteiger partial charge in [-0.1, -0.05) is 0 Å². The summed E-state index contributed by atoms with van der Waals surface area (Å²) in [4.78, 5) is 10.7. The molecule has 1 aromatic carbocycles. The quantitative estimate of drug-likeness (QED) is 0.851. The summed E-state index contributed by atoms with van der Waals surface area (Å²) < 4.78 is 44.8. The number of hydrogen-bond donors (Lipinski definition) is 0. The van der Waals surface area contributed by atoms with Crippen LogP contribution in [0.15, 0.2) is 30.6 Å². The van der Waals surface area contributed by atoms with E-state index in [-0.39, 0.29) is 5.60 Å². The zero-order valence-electron chi connectivity index (χ0n) is 13.5. The second kappa shape index (κ2) is 6.49. The summed E-state index contributed by atoms with van der Waals surface area (Å²) in [5.41, 5.74) is 0.729. The third kappa shape index (κ3) is 3.73. The molecule has 0 atom stereocenters. The van der Waals surface area contributed by atoms with Crippen molar-refractivity contribution >= 4 is 0 Å². The minimum Gasteiger partial charge on any atom is -0.359 e. The van der Waals surface area contributed by atoms with E-state index >= 15 is 0 Å². The third-order valence-electron chi connectivity index (χ3n) is 3.84. The van der Waals surface area contributed by atoms with Crippen LogP contribution in [-0.4, -0.2) is 33.7 Å². The van der Waals surface area contributed by atoms with Gasteiger partial charge in [0.05, 0.1) is 28.7 Å². The minimum absolute atomic E-state index is 0.200. The normalized spacial score (nSPS) is 17.6. The summed E-state index contributed by atoms with van der Waals surface area (Å²) in [6, 6.07) is 3.58. The van der Waals surface area contributed by atoms with Gasteiger partial charge in [-0.2, -0.15) is 0 Å². The van der Waals surface area contributed by atoms with E-state index in [2.05, 4.69) is 14.9 Å². The van der Waals surface area contributed by atoms with Crippen molar-refractivity contribution < 1.29 is 17.9 Å². The van der Waals surface area contributed by atoms with E-state index in [0.29, 0.717) is 30.2 Å². The number of ether oxygens (including phenoxy) is 1. The lowest BCUT2D eigenvalue weighted by Crippen LogP contribution is -2.27. The smallest absolute Gasteiger partial charge is 0.266 e. The van der Waals surface area contributed by atoms with Gasteiger partial charge >= 0.3 is 0 Å². The molecule has 0 amide bonds. The van der Waals surface area contributed by atoms with Gasteiger partial charge in [0.25, 0.3) is 6.43 Å². The number of benzene rings is 1. The van der Waals surface area contributed by atoms with Crippen molar-refractivity contribution in [3.63, 3.8) is 0 Å². The van der Waals surface area contributed by atoms with Crippen molar-refractivity contribution in [1.82, 2.24) is 14.9 Å². The molecule has 0 bridgehead atoms. The van der Waals surface area contributed by atoms with E-state index in [1.165, 1.54) is 12.3 Å². The largest absolute Gasteiger partial charge is 0.359 e. The molecule has 0 unspecified atom stereocenters. The molecule has 0 N–H and O–H groups in total. The molecule has 1 saturated heterocycles. The van der Waals surface area contributed by atoms with Crippen LogP contribution in [0.25, 0.3) is 11.3 Å². The maximum atomic E-state index is 13.4. The lowest BCUT2D eigenvalue weighted by atomic mass is 10.1. The van der Waals surface area contributed by atoms with Crippen molar-refractivity contribution in [3.05, 3.63) is 47.7 Å². The Morgan fingerprint density at radius 2 is 2.08 bits per heavy atom. The Hall–Kier alpha value is -1.99. The van der Waals surface area contributed by atoms with Crippen molar-refractivity contribution in [2.75, 3.05) is 13.3 Å². The Morgan fingerprint density at radius 1 is 1.29 bits per heavy atom. The highest BCUT2D eigenvalue weighted by atomic mass is 19.3. The van der Waals surface area contributed by atoms with Gasteiger partial charge in [-0.15, -0.1) is 0 Å². The molecule has 1 aromatic heterocycles. The SMILES string of the molecule is CC1(C)CN(Cc2cncc(-c3ccc(F)c(C(F)F)c3)n2)CO1. The summed E-state index contributed by atoms with van der Waals surface area (Å²) in [6.45, 7) is 5.85. The fourth-order valence-electron chi connectivity index (χ4n) is 2.72. The van der Waals surface area contributed by atoms with Gasteiger partial charge < -0.3 is 4.74 Å². The summed E-state index contributed by atoms with van der Waals surface area (Å²) in [7, 11) is 0. The van der Waals surface area contributed by atoms with E-state index in [4.69, 9.17) is 4.74 Å². The Labute approximate surface area is 138 Å². The predicted molar refractivity (Wildman–Crippen MR) is 82.8 cm³/mol. The van der Waals surface area contributed by atoms with Crippen LogP contribution in [0.1, 0.15) is 31.5 Å². The Balaban J connectivity index is 1.82. The van der Waals surface area contributed by atoms with Gasteiger partial charge in [0.2, 0.25) is 0 Å². The number of halogens is 3. The average molecular weight is 337 g/mol.